The smallest absolute Gasteiger partial charge is 0.314 e. The van der Waals surface area contributed by atoms with E-state index in [2.05, 4.69) is 11.9 Å². The highest BCUT2D eigenvalue weighted by atomic mass is 35.5. The van der Waals surface area contributed by atoms with Gasteiger partial charge in [-0.1, -0.05) is 18.5 Å². The van der Waals surface area contributed by atoms with Gasteiger partial charge in [-0.25, -0.2) is 4.98 Å². The molecule has 15 heavy (non-hydrogen) atoms. The summed E-state index contributed by atoms with van der Waals surface area (Å²) in [5, 5.41) is 9.64. The van der Waals surface area contributed by atoms with Crippen LogP contribution >= 0.6 is 11.6 Å². The van der Waals surface area contributed by atoms with Crippen LogP contribution in [0.2, 0.25) is 5.15 Å². The van der Waals surface area contributed by atoms with Crippen LogP contribution in [0.4, 0.5) is 0 Å². The maximum atomic E-state index is 11.3. The van der Waals surface area contributed by atoms with Crippen molar-refractivity contribution in [3.8, 4) is 0 Å². The summed E-state index contributed by atoms with van der Waals surface area (Å²) in [6.07, 6.45) is 2.93. The Morgan fingerprint density at radius 1 is 1.67 bits per heavy atom. The van der Waals surface area contributed by atoms with Crippen molar-refractivity contribution in [1.82, 2.24) is 4.98 Å². The van der Waals surface area contributed by atoms with E-state index in [-0.39, 0.29) is 0 Å². The summed E-state index contributed by atoms with van der Waals surface area (Å²) >= 11 is 5.77. The first-order valence-corrected chi connectivity index (χ1v) is 5.28. The fourth-order valence-electron chi connectivity index (χ4n) is 2.36. The summed E-state index contributed by atoms with van der Waals surface area (Å²) in [5.41, 5.74) is 0.0412. The van der Waals surface area contributed by atoms with Gasteiger partial charge in [-0.15, -0.1) is 0 Å². The van der Waals surface area contributed by atoms with Gasteiger partial charge in [0.15, 0.2) is 0 Å². The molecular weight excluding hydrogens is 214 g/mol. The van der Waals surface area contributed by atoms with Crippen molar-refractivity contribution in [1.29, 1.82) is 0 Å². The summed E-state index contributed by atoms with van der Waals surface area (Å²) < 4.78 is 0. The molecule has 0 radical (unpaired) electrons. The minimum atomic E-state index is -0.761. The molecule has 1 N–H and O–H groups in total. The third kappa shape index (κ3) is 1.61. The van der Waals surface area contributed by atoms with E-state index in [4.69, 9.17) is 11.6 Å². The molecule has 0 aliphatic heterocycles. The number of aromatic nitrogens is 1. The van der Waals surface area contributed by atoms with Crippen LogP contribution in [0.15, 0.2) is 18.3 Å². The Labute approximate surface area is 93.1 Å². The predicted molar refractivity (Wildman–Crippen MR) is 57.0 cm³/mol. The van der Waals surface area contributed by atoms with Crippen molar-refractivity contribution in [3.05, 3.63) is 29.0 Å². The molecule has 1 aromatic heterocycles. The van der Waals surface area contributed by atoms with Crippen molar-refractivity contribution in [3.63, 3.8) is 0 Å². The molecule has 4 heteroatoms. The molecule has 3 nitrogen and oxygen atoms in total. The monoisotopic (exact) mass is 225 g/mol. The summed E-state index contributed by atoms with van der Waals surface area (Å²) in [5.74, 6) is -0.295. The Balaban J connectivity index is 2.39. The molecule has 0 bridgehead atoms. The zero-order chi connectivity index (χ0) is 11.1. The lowest BCUT2D eigenvalue weighted by Gasteiger charge is -2.43. The van der Waals surface area contributed by atoms with Gasteiger partial charge in [0, 0.05) is 6.20 Å². The predicted octanol–water partition coefficient (Wildman–Crippen LogP) is 2.49. The Kier molecular flexibility index (Phi) is 2.43. The SMILES string of the molecule is CC1CC(C(=O)O)(c2ccnc(Cl)c2)C1. The van der Waals surface area contributed by atoms with Crippen molar-refractivity contribution >= 4 is 17.6 Å². The minimum Gasteiger partial charge on any atom is -0.481 e. The second-order valence-corrected chi connectivity index (χ2v) is 4.66. The third-order valence-electron chi connectivity index (χ3n) is 3.08. The van der Waals surface area contributed by atoms with Crippen LogP contribution in [0.25, 0.3) is 0 Å². The normalized spacial score (nSPS) is 29.6. The molecular formula is C11H12ClNO2. The Hall–Kier alpha value is -1.09. The Morgan fingerprint density at radius 3 is 2.80 bits per heavy atom. The highest BCUT2D eigenvalue weighted by molar-refractivity contribution is 6.29. The lowest BCUT2D eigenvalue weighted by Crippen LogP contribution is -2.46. The highest BCUT2D eigenvalue weighted by Crippen LogP contribution is 2.47. The molecule has 0 saturated heterocycles. The van der Waals surface area contributed by atoms with Crippen LogP contribution in [0.1, 0.15) is 25.3 Å². The Morgan fingerprint density at radius 2 is 2.33 bits per heavy atom. The number of rotatable bonds is 2. The number of hydrogen-bond donors (Lipinski definition) is 1. The van der Waals surface area contributed by atoms with Crippen LogP contribution in [-0.4, -0.2) is 16.1 Å². The van der Waals surface area contributed by atoms with Gasteiger partial charge < -0.3 is 5.11 Å². The molecule has 1 fully saturated rings. The molecule has 1 heterocycles. The molecule has 0 unspecified atom stereocenters. The summed E-state index contributed by atoms with van der Waals surface area (Å²) in [7, 11) is 0. The topological polar surface area (TPSA) is 50.2 Å². The molecule has 2 rings (SSSR count). The number of carbonyl (C=O) groups is 1. The first-order chi connectivity index (χ1) is 7.04. The van der Waals surface area contributed by atoms with Gasteiger partial charge in [0.05, 0.1) is 5.41 Å². The van der Waals surface area contributed by atoms with Crippen LogP contribution in [0.3, 0.4) is 0 Å². The minimum absolute atomic E-state index is 0.354. The quantitative estimate of drug-likeness (QED) is 0.787. The number of nitrogens with zero attached hydrogens (tertiary/aromatic N) is 1. The average Bonchev–Trinajstić information content (AvgIpc) is 2.12. The highest BCUT2D eigenvalue weighted by Gasteiger charge is 2.49. The molecule has 0 amide bonds. The van der Waals surface area contributed by atoms with E-state index in [1.165, 1.54) is 0 Å². The van der Waals surface area contributed by atoms with Gasteiger partial charge in [0.25, 0.3) is 0 Å². The number of pyridine rings is 1. The van der Waals surface area contributed by atoms with Gasteiger partial charge in [0.2, 0.25) is 0 Å². The summed E-state index contributed by atoms with van der Waals surface area (Å²) in [6, 6.07) is 3.40. The van der Waals surface area contributed by atoms with E-state index in [1.807, 2.05) is 0 Å². The fraction of sp³-hybridized carbons (Fsp3) is 0.455. The molecule has 0 aromatic carbocycles. The third-order valence-corrected chi connectivity index (χ3v) is 3.29. The number of aliphatic carboxylic acids is 1. The zero-order valence-electron chi connectivity index (χ0n) is 8.40. The summed E-state index contributed by atoms with van der Waals surface area (Å²) in [6.45, 7) is 2.06. The standard InChI is InChI=1S/C11H12ClNO2/c1-7-5-11(6-7,10(14)15)8-2-3-13-9(12)4-8/h2-4,7H,5-6H2,1H3,(H,14,15). The van der Waals surface area contributed by atoms with Gasteiger partial charge >= 0.3 is 5.97 Å². The van der Waals surface area contributed by atoms with Gasteiger partial charge in [-0.2, -0.15) is 0 Å². The molecule has 1 aliphatic carbocycles. The van der Waals surface area contributed by atoms with E-state index < -0.39 is 11.4 Å². The van der Waals surface area contributed by atoms with Crippen molar-refractivity contribution in [2.24, 2.45) is 5.92 Å². The number of halogens is 1. The van der Waals surface area contributed by atoms with E-state index in [0.29, 0.717) is 23.9 Å². The van der Waals surface area contributed by atoms with Gasteiger partial charge in [0.1, 0.15) is 5.15 Å². The van der Waals surface area contributed by atoms with Crippen LogP contribution in [-0.2, 0) is 10.2 Å². The van der Waals surface area contributed by atoms with E-state index in [0.717, 1.165) is 5.56 Å². The average molecular weight is 226 g/mol. The Bertz CT molecular complexity index is 399. The van der Waals surface area contributed by atoms with Crippen LogP contribution in [0, 0.1) is 5.92 Å². The lowest BCUT2D eigenvalue weighted by atomic mass is 9.59. The molecule has 1 aromatic rings. The van der Waals surface area contributed by atoms with E-state index in [9.17, 15) is 9.90 Å². The number of hydrogen-bond acceptors (Lipinski definition) is 2. The number of carboxylic acids is 1. The zero-order valence-corrected chi connectivity index (χ0v) is 9.16. The van der Waals surface area contributed by atoms with Gasteiger partial charge in [-0.3, -0.25) is 4.79 Å². The van der Waals surface area contributed by atoms with E-state index >= 15 is 0 Å². The molecule has 0 spiro atoms. The molecule has 0 atom stereocenters. The molecule has 1 saturated carbocycles. The first kappa shape index (κ1) is 10.4. The van der Waals surface area contributed by atoms with Crippen molar-refractivity contribution in [2.45, 2.75) is 25.2 Å². The molecule has 80 valence electrons. The van der Waals surface area contributed by atoms with Crippen LogP contribution in [0.5, 0.6) is 0 Å². The van der Waals surface area contributed by atoms with Crippen molar-refractivity contribution in [2.75, 3.05) is 0 Å². The van der Waals surface area contributed by atoms with Crippen LogP contribution < -0.4 is 0 Å². The maximum Gasteiger partial charge on any atom is 0.314 e. The second kappa shape index (κ2) is 3.49. The molecule has 1 aliphatic rings. The van der Waals surface area contributed by atoms with Crippen molar-refractivity contribution < 1.29 is 9.90 Å². The maximum absolute atomic E-state index is 11.3. The lowest BCUT2D eigenvalue weighted by molar-refractivity contribution is -0.149. The second-order valence-electron chi connectivity index (χ2n) is 4.27. The first-order valence-electron chi connectivity index (χ1n) is 4.90. The van der Waals surface area contributed by atoms with Gasteiger partial charge in [-0.05, 0) is 36.5 Å². The van der Waals surface area contributed by atoms with E-state index in [1.54, 1.807) is 18.3 Å². The fourth-order valence-corrected chi connectivity index (χ4v) is 2.54. The number of carboxylic acid groups (broad SMARTS) is 1. The summed E-state index contributed by atoms with van der Waals surface area (Å²) in [4.78, 5) is 15.2. The largest absolute Gasteiger partial charge is 0.481 e.